The van der Waals surface area contributed by atoms with Crippen molar-refractivity contribution in [1.82, 2.24) is 10.2 Å². The summed E-state index contributed by atoms with van der Waals surface area (Å²) in [5, 5.41) is 2.70. The lowest BCUT2D eigenvalue weighted by atomic mass is 9.98. The van der Waals surface area contributed by atoms with Gasteiger partial charge in [-0.3, -0.25) is 9.59 Å². The Morgan fingerprint density at radius 3 is 2.32 bits per heavy atom. The van der Waals surface area contributed by atoms with Crippen LogP contribution in [0.25, 0.3) is 0 Å². The summed E-state index contributed by atoms with van der Waals surface area (Å²) in [6.07, 6.45) is 0. The molecule has 0 heterocycles. The zero-order valence-corrected chi connectivity index (χ0v) is 13.7. The second-order valence-electron chi connectivity index (χ2n) is 4.93. The lowest BCUT2D eigenvalue weighted by Crippen LogP contribution is -2.36. The summed E-state index contributed by atoms with van der Waals surface area (Å²) in [6.45, 7) is 9.22. The molecule has 1 N–H and O–H groups in total. The first kappa shape index (κ1) is 18.2. The van der Waals surface area contributed by atoms with E-state index < -0.39 is 11.9 Å². The molecule has 0 aliphatic rings. The molecule has 0 bridgehead atoms. The molecule has 1 atom stereocenters. The first-order valence-corrected chi connectivity index (χ1v) is 7.85. The fraction of sp³-hybridized carbons (Fsp3) is 0.529. The van der Waals surface area contributed by atoms with E-state index in [0.29, 0.717) is 25.3 Å². The number of benzene rings is 1. The van der Waals surface area contributed by atoms with Gasteiger partial charge in [0.15, 0.2) is 5.92 Å². The number of likely N-dealkylation sites (N-methyl/N-ethyl adjacent to an activating group) is 2. The molecule has 1 rings (SSSR count). The van der Waals surface area contributed by atoms with Gasteiger partial charge in [0, 0.05) is 13.1 Å². The molecule has 22 heavy (non-hydrogen) atoms. The van der Waals surface area contributed by atoms with E-state index in [-0.39, 0.29) is 5.91 Å². The highest BCUT2D eigenvalue weighted by molar-refractivity contribution is 6.03. The van der Waals surface area contributed by atoms with Crippen LogP contribution in [0.4, 0.5) is 0 Å². The van der Waals surface area contributed by atoms with E-state index in [2.05, 4.69) is 24.1 Å². The van der Waals surface area contributed by atoms with E-state index in [0.717, 1.165) is 13.1 Å². The van der Waals surface area contributed by atoms with Crippen molar-refractivity contribution in [3.63, 3.8) is 0 Å². The Morgan fingerprint density at radius 1 is 1.14 bits per heavy atom. The highest BCUT2D eigenvalue weighted by Crippen LogP contribution is 2.17. The van der Waals surface area contributed by atoms with Crippen molar-refractivity contribution >= 4 is 11.9 Å². The van der Waals surface area contributed by atoms with Gasteiger partial charge in [-0.05, 0) is 25.6 Å². The normalized spacial score (nSPS) is 12.0. The molecule has 1 aromatic carbocycles. The summed E-state index contributed by atoms with van der Waals surface area (Å²) in [4.78, 5) is 26.7. The Morgan fingerprint density at radius 2 is 1.77 bits per heavy atom. The number of hydrogen-bond donors (Lipinski definition) is 1. The van der Waals surface area contributed by atoms with Crippen LogP contribution >= 0.6 is 0 Å². The predicted octanol–water partition coefficient (Wildman–Crippen LogP) is 1.79. The number of esters is 1. The van der Waals surface area contributed by atoms with E-state index in [4.69, 9.17) is 4.74 Å². The Labute approximate surface area is 132 Å². The number of hydrogen-bond acceptors (Lipinski definition) is 4. The Balaban J connectivity index is 2.71. The highest BCUT2D eigenvalue weighted by Gasteiger charge is 2.29. The molecule has 0 saturated heterocycles. The number of carbonyl (C=O) groups is 2. The Bertz CT molecular complexity index is 458. The summed E-state index contributed by atoms with van der Waals surface area (Å²) >= 11 is 0. The molecule has 0 fully saturated rings. The molecule has 0 unspecified atom stereocenters. The van der Waals surface area contributed by atoms with Gasteiger partial charge in [0.05, 0.1) is 0 Å². The minimum Gasteiger partial charge on any atom is -0.463 e. The van der Waals surface area contributed by atoms with Gasteiger partial charge in [-0.1, -0.05) is 44.2 Å². The van der Waals surface area contributed by atoms with Crippen molar-refractivity contribution in [3.05, 3.63) is 35.9 Å². The number of carbonyl (C=O) groups excluding carboxylic acids is 2. The summed E-state index contributed by atoms with van der Waals surface area (Å²) in [7, 11) is 0. The fourth-order valence-corrected chi connectivity index (χ4v) is 2.21. The van der Waals surface area contributed by atoms with Gasteiger partial charge in [0.2, 0.25) is 5.91 Å². The Hall–Kier alpha value is -1.88. The largest absolute Gasteiger partial charge is 0.463 e. The molecule has 1 amide bonds. The second kappa shape index (κ2) is 9.95. The smallest absolute Gasteiger partial charge is 0.323 e. The maximum Gasteiger partial charge on any atom is 0.323 e. The van der Waals surface area contributed by atoms with Gasteiger partial charge < -0.3 is 15.0 Å². The molecule has 122 valence electrons. The average molecular weight is 306 g/mol. The molecule has 1 aromatic rings. The average Bonchev–Trinajstić information content (AvgIpc) is 2.53. The molecule has 0 spiro atoms. The zero-order valence-electron chi connectivity index (χ0n) is 13.7. The monoisotopic (exact) mass is 306 g/mol. The first-order valence-electron chi connectivity index (χ1n) is 7.85. The SMILES string of the molecule is CCNC(=O)[C@@H](C(=O)OCCN(CC)CC)c1ccccc1. The van der Waals surface area contributed by atoms with Crippen LogP contribution in [0.1, 0.15) is 32.3 Å². The van der Waals surface area contributed by atoms with E-state index in [9.17, 15) is 9.59 Å². The molecule has 0 saturated carbocycles. The van der Waals surface area contributed by atoms with Crippen LogP contribution in [0.15, 0.2) is 30.3 Å². The van der Waals surface area contributed by atoms with Crippen molar-refractivity contribution in [2.75, 3.05) is 32.8 Å². The summed E-state index contributed by atoms with van der Waals surface area (Å²) in [5.41, 5.74) is 0.654. The number of nitrogens with one attached hydrogen (secondary N) is 1. The second-order valence-corrected chi connectivity index (χ2v) is 4.93. The maximum atomic E-state index is 12.3. The third-order valence-corrected chi connectivity index (χ3v) is 3.53. The van der Waals surface area contributed by atoms with Crippen molar-refractivity contribution in [3.8, 4) is 0 Å². The van der Waals surface area contributed by atoms with Gasteiger partial charge in [-0.2, -0.15) is 0 Å². The van der Waals surface area contributed by atoms with Gasteiger partial charge in [0.1, 0.15) is 6.61 Å². The number of amides is 1. The van der Waals surface area contributed by atoms with Gasteiger partial charge >= 0.3 is 5.97 Å². The highest BCUT2D eigenvalue weighted by atomic mass is 16.5. The quantitative estimate of drug-likeness (QED) is 0.558. The number of rotatable bonds is 9. The minimum atomic E-state index is -0.905. The molecule has 0 aliphatic carbocycles. The van der Waals surface area contributed by atoms with Crippen molar-refractivity contribution < 1.29 is 14.3 Å². The standard InChI is InChI=1S/C17H26N2O3/c1-4-18-16(20)15(14-10-8-7-9-11-14)17(21)22-13-12-19(5-2)6-3/h7-11,15H,4-6,12-13H2,1-3H3,(H,18,20)/t15-/m0/s1. The van der Waals surface area contributed by atoms with E-state index in [1.807, 2.05) is 25.1 Å². The maximum absolute atomic E-state index is 12.3. The van der Waals surface area contributed by atoms with Gasteiger partial charge in [-0.25, -0.2) is 0 Å². The number of ether oxygens (including phenoxy) is 1. The van der Waals surface area contributed by atoms with Crippen LogP contribution < -0.4 is 5.32 Å². The molecular weight excluding hydrogens is 280 g/mol. The first-order chi connectivity index (χ1) is 10.6. The minimum absolute atomic E-state index is 0.295. The van der Waals surface area contributed by atoms with Crippen LogP contribution in [0.2, 0.25) is 0 Å². The molecule has 0 radical (unpaired) electrons. The van der Waals surface area contributed by atoms with Crippen LogP contribution in [0, 0.1) is 0 Å². The molecule has 0 aromatic heterocycles. The van der Waals surface area contributed by atoms with E-state index in [1.165, 1.54) is 0 Å². The van der Waals surface area contributed by atoms with Crippen LogP contribution in [0.5, 0.6) is 0 Å². The predicted molar refractivity (Wildman–Crippen MR) is 86.6 cm³/mol. The van der Waals surface area contributed by atoms with Crippen LogP contribution in [-0.4, -0.2) is 49.6 Å². The van der Waals surface area contributed by atoms with E-state index >= 15 is 0 Å². The van der Waals surface area contributed by atoms with Crippen LogP contribution in [0.3, 0.4) is 0 Å². The summed E-state index contributed by atoms with van der Waals surface area (Å²) in [6, 6.07) is 9.01. The zero-order chi connectivity index (χ0) is 16.4. The topological polar surface area (TPSA) is 58.6 Å². The van der Waals surface area contributed by atoms with Gasteiger partial charge in [-0.15, -0.1) is 0 Å². The van der Waals surface area contributed by atoms with E-state index in [1.54, 1.807) is 12.1 Å². The third-order valence-electron chi connectivity index (χ3n) is 3.53. The number of nitrogens with zero attached hydrogens (tertiary/aromatic N) is 1. The molecule has 5 heteroatoms. The third kappa shape index (κ3) is 5.48. The lowest BCUT2D eigenvalue weighted by Gasteiger charge is -2.19. The summed E-state index contributed by atoms with van der Waals surface area (Å²) in [5.74, 6) is -1.72. The van der Waals surface area contributed by atoms with Crippen molar-refractivity contribution in [2.24, 2.45) is 0 Å². The van der Waals surface area contributed by atoms with Gasteiger partial charge in [0.25, 0.3) is 0 Å². The van der Waals surface area contributed by atoms with Crippen molar-refractivity contribution in [1.29, 1.82) is 0 Å². The molecule has 5 nitrogen and oxygen atoms in total. The van der Waals surface area contributed by atoms with Crippen LogP contribution in [-0.2, 0) is 14.3 Å². The van der Waals surface area contributed by atoms with Crippen molar-refractivity contribution in [2.45, 2.75) is 26.7 Å². The molecule has 0 aliphatic heterocycles. The Kier molecular flexibility index (Phi) is 8.22. The fourth-order valence-electron chi connectivity index (χ4n) is 2.21. The summed E-state index contributed by atoms with van der Waals surface area (Å²) < 4.78 is 5.32. The lowest BCUT2D eigenvalue weighted by molar-refractivity contribution is -0.149. The molecular formula is C17H26N2O3.